The molecular weight excluding hydrogens is 322 g/mol. The zero-order valence-electron chi connectivity index (χ0n) is 10.8. The van der Waals surface area contributed by atoms with Gasteiger partial charge in [0.05, 0.1) is 12.6 Å². The van der Waals surface area contributed by atoms with Crippen LogP contribution >= 0.6 is 27.3 Å². The van der Waals surface area contributed by atoms with Gasteiger partial charge in [-0.25, -0.2) is 0 Å². The normalized spacial score (nSPS) is 15.7. The summed E-state index contributed by atoms with van der Waals surface area (Å²) < 4.78 is 7.08. The monoisotopic (exact) mass is 337 g/mol. The Morgan fingerprint density at radius 2 is 2.26 bits per heavy atom. The number of fused-ring (bicyclic) bond motifs is 1. The zero-order chi connectivity index (χ0) is 13.2. The van der Waals surface area contributed by atoms with E-state index in [1.54, 1.807) is 11.3 Å². The Labute approximate surface area is 125 Å². The molecule has 2 aromatic rings. The third-order valence-corrected chi connectivity index (χ3v) is 5.41. The van der Waals surface area contributed by atoms with Crippen molar-refractivity contribution < 1.29 is 4.74 Å². The second kappa shape index (κ2) is 5.65. The Balaban J connectivity index is 2.07. The van der Waals surface area contributed by atoms with Crippen LogP contribution in [0.3, 0.4) is 0 Å². The second-order valence-corrected chi connectivity index (χ2v) is 6.44. The zero-order valence-corrected chi connectivity index (χ0v) is 13.2. The molecule has 1 atom stereocenters. The Bertz CT molecular complexity index is 581. The maximum atomic E-state index is 5.92. The van der Waals surface area contributed by atoms with Crippen LogP contribution in [0.2, 0.25) is 0 Å². The number of hydrogen-bond donors (Lipinski definition) is 1. The number of nitrogens with one attached hydrogen (secondary N) is 1. The lowest BCUT2D eigenvalue weighted by Gasteiger charge is -2.24. The van der Waals surface area contributed by atoms with Gasteiger partial charge in [0.2, 0.25) is 0 Å². The summed E-state index contributed by atoms with van der Waals surface area (Å²) in [4.78, 5) is 1.30. The van der Waals surface area contributed by atoms with Gasteiger partial charge in [0.1, 0.15) is 5.75 Å². The smallest absolute Gasteiger partial charge is 0.127 e. The van der Waals surface area contributed by atoms with Gasteiger partial charge in [-0.15, -0.1) is 11.3 Å². The first-order chi connectivity index (χ1) is 9.31. The summed E-state index contributed by atoms with van der Waals surface area (Å²) in [6.45, 7) is 0.825. The topological polar surface area (TPSA) is 21.3 Å². The number of thiophene rings is 1. The van der Waals surface area contributed by atoms with Crippen molar-refractivity contribution in [3.05, 3.63) is 50.1 Å². The lowest BCUT2D eigenvalue weighted by atomic mass is 9.97. The molecule has 1 aromatic heterocycles. The minimum absolute atomic E-state index is 0.183. The van der Waals surface area contributed by atoms with E-state index in [-0.39, 0.29) is 6.04 Å². The molecule has 0 aliphatic carbocycles. The molecule has 1 aliphatic rings. The van der Waals surface area contributed by atoms with Crippen molar-refractivity contribution in [2.75, 3.05) is 13.7 Å². The molecule has 0 saturated heterocycles. The summed E-state index contributed by atoms with van der Waals surface area (Å²) in [5, 5.41) is 5.52. The maximum absolute atomic E-state index is 5.92. The number of para-hydroxylation sites is 1. The van der Waals surface area contributed by atoms with Crippen LogP contribution in [0.15, 0.2) is 34.1 Å². The SMILES string of the molecule is CNC(c1cccc2c1OCCC2)c1sccc1Br. The number of halogens is 1. The summed E-state index contributed by atoms with van der Waals surface area (Å²) in [6, 6.07) is 8.75. The van der Waals surface area contributed by atoms with Crippen molar-refractivity contribution in [3.63, 3.8) is 0 Å². The Hall–Kier alpha value is -0.840. The fourth-order valence-corrected chi connectivity index (χ4v) is 4.31. The fraction of sp³-hybridized carbons (Fsp3) is 0.333. The number of aryl methyl sites for hydroxylation is 1. The highest BCUT2D eigenvalue weighted by Crippen LogP contribution is 2.39. The third-order valence-electron chi connectivity index (χ3n) is 3.47. The first-order valence-corrected chi connectivity index (χ1v) is 8.13. The van der Waals surface area contributed by atoms with Crippen molar-refractivity contribution in [3.8, 4) is 5.75 Å². The van der Waals surface area contributed by atoms with Crippen LogP contribution in [-0.4, -0.2) is 13.7 Å². The van der Waals surface area contributed by atoms with Crippen LogP contribution < -0.4 is 10.1 Å². The summed E-state index contributed by atoms with van der Waals surface area (Å²) in [5.74, 6) is 1.08. The maximum Gasteiger partial charge on any atom is 0.127 e. The molecule has 2 nitrogen and oxygen atoms in total. The number of rotatable bonds is 3. The van der Waals surface area contributed by atoms with Crippen molar-refractivity contribution in [2.24, 2.45) is 0 Å². The molecule has 0 radical (unpaired) electrons. The third kappa shape index (κ3) is 2.45. The molecular formula is C15H16BrNOS. The van der Waals surface area contributed by atoms with E-state index in [1.165, 1.54) is 16.0 Å². The molecule has 4 heteroatoms. The van der Waals surface area contributed by atoms with Gasteiger partial charge in [0.15, 0.2) is 0 Å². The van der Waals surface area contributed by atoms with E-state index in [4.69, 9.17) is 4.74 Å². The second-order valence-electron chi connectivity index (χ2n) is 4.64. The quantitative estimate of drug-likeness (QED) is 0.908. The van der Waals surface area contributed by atoms with Crippen molar-refractivity contribution in [2.45, 2.75) is 18.9 Å². The molecule has 0 bridgehead atoms. The highest BCUT2D eigenvalue weighted by Gasteiger charge is 2.23. The summed E-state index contributed by atoms with van der Waals surface area (Å²) >= 11 is 5.39. The highest BCUT2D eigenvalue weighted by atomic mass is 79.9. The fourth-order valence-electron chi connectivity index (χ4n) is 2.58. The molecule has 0 spiro atoms. The Morgan fingerprint density at radius 3 is 3.00 bits per heavy atom. The number of benzene rings is 1. The van der Waals surface area contributed by atoms with Crippen molar-refractivity contribution in [1.29, 1.82) is 0 Å². The molecule has 2 heterocycles. The molecule has 19 heavy (non-hydrogen) atoms. The van der Waals surface area contributed by atoms with Crippen LogP contribution in [0.5, 0.6) is 5.75 Å². The van der Waals surface area contributed by atoms with E-state index in [0.717, 1.165) is 29.7 Å². The Morgan fingerprint density at radius 1 is 1.37 bits per heavy atom. The van der Waals surface area contributed by atoms with E-state index in [0.29, 0.717) is 0 Å². The molecule has 0 amide bonds. The number of ether oxygens (including phenoxy) is 1. The standard InChI is InChI=1S/C15H16BrNOS/c1-17-13(15-12(16)7-9-19-15)11-6-2-4-10-5-3-8-18-14(10)11/h2,4,6-7,9,13,17H,3,5,8H2,1H3. The average molecular weight is 338 g/mol. The van der Waals surface area contributed by atoms with Gasteiger partial charge >= 0.3 is 0 Å². The van der Waals surface area contributed by atoms with Gasteiger partial charge in [0, 0.05) is 14.9 Å². The molecule has 1 aromatic carbocycles. The van der Waals surface area contributed by atoms with Crippen LogP contribution in [-0.2, 0) is 6.42 Å². The van der Waals surface area contributed by atoms with Crippen molar-refractivity contribution >= 4 is 27.3 Å². The largest absolute Gasteiger partial charge is 0.493 e. The molecule has 0 fully saturated rings. The predicted octanol–water partition coefficient (Wildman–Crippen LogP) is 4.14. The molecule has 3 rings (SSSR count). The van der Waals surface area contributed by atoms with Crippen LogP contribution in [0.1, 0.15) is 28.5 Å². The predicted molar refractivity (Wildman–Crippen MR) is 83.2 cm³/mol. The van der Waals surface area contributed by atoms with Gasteiger partial charge < -0.3 is 10.1 Å². The molecule has 1 aliphatic heterocycles. The molecule has 1 unspecified atom stereocenters. The minimum atomic E-state index is 0.183. The summed E-state index contributed by atoms with van der Waals surface area (Å²) in [6.07, 6.45) is 2.23. The van der Waals surface area contributed by atoms with Gasteiger partial charge in [-0.3, -0.25) is 0 Å². The first kappa shape index (κ1) is 13.2. The van der Waals surface area contributed by atoms with Crippen LogP contribution in [0, 0.1) is 0 Å². The van der Waals surface area contributed by atoms with E-state index < -0.39 is 0 Å². The van der Waals surface area contributed by atoms with Gasteiger partial charge in [-0.05, 0) is 52.8 Å². The summed E-state index contributed by atoms with van der Waals surface area (Å²) in [5.41, 5.74) is 2.57. The minimum Gasteiger partial charge on any atom is -0.493 e. The van der Waals surface area contributed by atoms with Gasteiger partial charge in [-0.2, -0.15) is 0 Å². The highest BCUT2D eigenvalue weighted by molar-refractivity contribution is 9.10. The molecule has 100 valence electrons. The lowest BCUT2D eigenvalue weighted by Crippen LogP contribution is -2.20. The van der Waals surface area contributed by atoms with E-state index >= 15 is 0 Å². The van der Waals surface area contributed by atoms with Gasteiger partial charge in [0.25, 0.3) is 0 Å². The van der Waals surface area contributed by atoms with Crippen LogP contribution in [0.25, 0.3) is 0 Å². The molecule has 1 N–H and O–H groups in total. The van der Waals surface area contributed by atoms with E-state index in [9.17, 15) is 0 Å². The summed E-state index contributed by atoms with van der Waals surface area (Å²) in [7, 11) is 2.00. The Kier molecular flexibility index (Phi) is 3.91. The van der Waals surface area contributed by atoms with Crippen LogP contribution in [0.4, 0.5) is 0 Å². The molecule has 0 saturated carbocycles. The van der Waals surface area contributed by atoms with E-state index in [1.807, 2.05) is 7.05 Å². The van der Waals surface area contributed by atoms with Gasteiger partial charge in [-0.1, -0.05) is 18.2 Å². The number of hydrogen-bond acceptors (Lipinski definition) is 3. The average Bonchev–Trinajstić information content (AvgIpc) is 2.86. The van der Waals surface area contributed by atoms with Crippen molar-refractivity contribution in [1.82, 2.24) is 5.32 Å². The van der Waals surface area contributed by atoms with E-state index in [2.05, 4.69) is 50.9 Å². The lowest BCUT2D eigenvalue weighted by molar-refractivity contribution is 0.283. The first-order valence-electron chi connectivity index (χ1n) is 6.46.